The lowest BCUT2D eigenvalue weighted by Gasteiger charge is -2.33. The zero-order valence-electron chi connectivity index (χ0n) is 11.1. The maximum Gasteiger partial charge on any atom is 0.249 e. The number of hydrogen-bond acceptors (Lipinski definition) is 4. The highest BCUT2D eigenvalue weighted by molar-refractivity contribution is 6.04. The molecule has 0 aromatic heterocycles. The summed E-state index contributed by atoms with van der Waals surface area (Å²) in [6.45, 7) is 3.84. The van der Waals surface area contributed by atoms with E-state index in [1.165, 1.54) is 0 Å². The zero-order valence-corrected chi connectivity index (χ0v) is 11.1. The van der Waals surface area contributed by atoms with Crippen LogP contribution in [-0.2, 0) is 9.59 Å². The van der Waals surface area contributed by atoms with Gasteiger partial charge in [-0.3, -0.25) is 14.9 Å². The first kappa shape index (κ1) is 13.5. The molecule has 2 rings (SSSR count). The summed E-state index contributed by atoms with van der Waals surface area (Å²) in [6.07, 6.45) is 0.179. The Kier molecular flexibility index (Phi) is 3.85. The molecule has 19 heavy (non-hydrogen) atoms. The number of rotatable bonds is 3. The van der Waals surface area contributed by atoms with Crippen LogP contribution in [0.2, 0.25) is 0 Å². The van der Waals surface area contributed by atoms with E-state index < -0.39 is 6.10 Å². The molecule has 2 atom stereocenters. The van der Waals surface area contributed by atoms with E-state index in [1.54, 1.807) is 11.8 Å². The normalized spacial score (nSPS) is 21.2. The second kappa shape index (κ2) is 5.40. The molecule has 0 spiro atoms. The van der Waals surface area contributed by atoms with Gasteiger partial charge in [0.1, 0.15) is 6.04 Å². The van der Waals surface area contributed by atoms with Crippen LogP contribution < -0.4 is 10.2 Å². The maximum absolute atomic E-state index is 11.6. The minimum atomic E-state index is -0.474. The SMILES string of the molecule is CCC(O)c1ccc(N2CC(=O)NC(=O)C2C)cc1. The predicted molar refractivity (Wildman–Crippen MR) is 71.7 cm³/mol. The summed E-state index contributed by atoms with van der Waals surface area (Å²) in [5.41, 5.74) is 1.65. The molecular weight excluding hydrogens is 244 g/mol. The molecule has 1 saturated heterocycles. The lowest BCUT2D eigenvalue weighted by atomic mass is 10.1. The number of hydrogen-bond donors (Lipinski definition) is 2. The zero-order chi connectivity index (χ0) is 14.0. The van der Waals surface area contributed by atoms with Crippen molar-refractivity contribution in [1.29, 1.82) is 0 Å². The molecule has 2 amide bonds. The largest absolute Gasteiger partial charge is 0.388 e. The minimum absolute atomic E-state index is 0.169. The summed E-state index contributed by atoms with van der Waals surface area (Å²) in [4.78, 5) is 24.8. The molecule has 1 aromatic rings. The van der Waals surface area contributed by atoms with Gasteiger partial charge in [-0.15, -0.1) is 0 Å². The molecule has 1 heterocycles. The van der Waals surface area contributed by atoms with Gasteiger partial charge in [0.15, 0.2) is 0 Å². The van der Waals surface area contributed by atoms with Gasteiger partial charge in [0.2, 0.25) is 11.8 Å². The van der Waals surface area contributed by atoms with Gasteiger partial charge in [-0.2, -0.15) is 0 Å². The summed E-state index contributed by atoms with van der Waals surface area (Å²) in [6, 6.07) is 6.94. The quantitative estimate of drug-likeness (QED) is 0.797. The lowest BCUT2D eigenvalue weighted by molar-refractivity contribution is -0.132. The first-order chi connectivity index (χ1) is 9.02. The van der Waals surface area contributed by atoms with Crippen LogP contribution in [0.3, 0.4) is 0 Å². The Morgan fingerprint density at radius 1 is 1.37 bits per heavy atom. The monoisotopic (exact) mass is 262 g/mol. The van der Waals surface area contributed by atoms with Crippen LogP contribution in [0, 0.1) is 0 Å². The van der Waals surface area contributed by atoms with Crippen LogP contribution in [0.5, 0.6) is 0 Å². The third-order valence-corrected chi connectivity index (χ3v) is 3.42. The van der Waals surface area contributed by atoms with Crippen LogP contribution >= 0.6 is 0 Å². The molecule has 1 aromatic carbocycles. The molecule has 2 N–H and O–H groups in total. The Morgan fingerprint density at radius 3 is 2.58 bits per heavy atom. The maximum atomic E-state index is 11.6. The van der Waals surface area contributed by atoms with Crippen molar-refractivity contribution in [3.63, 3.8) is 0 Å². The average Bonchev–Trinajstić information content (AvgIpc) is 2.42. The molecule has 102 valence electrons. The molecule has 5 heteroatoms. The van der Waals surface area contributed by atoms with Gasteiger partial charge >= 0.3 is 0 Å². The molecule has 1 aliphatic heterocycles. The van der Waals surface area contributed by atoms with Gasteiger partial charge in [-0.05, 0) is 31.0 Å². The number of nitrogens with one attached hydrogen (secondary N) is 1. The van der Waals surface area contributed by atoms with E-state index in [9.17, 15) is 14.7 Å². The van der Waals surface area contributed by atoms with Gasteiger partial charge < -0.3 is 10.0 Å². The van der Waals surface area contributed by atoms with E-state index in [1.807, 2.05) is 31.2 Å². The highest BCUT2D eigenvalue weighted by Gasteiger charge is 2.30. The fourth-order valence-corrected chi connectivity index (χ4v) is 2.15. The van der Waals surface area contributed by atoms with E-state index in [4.69, 9.17) is 0 Å². The van der Waals surface area contributed by atoms with E-state index in [0.29, 0.717) is 6.42 Å². The summed E-state index contributed by atoms with van der Waals surface area (Å²) in [5.74, 6) is -0.574. The Balaban J connectivity index is 2.21. The smallest absolute Gasteiger partial charge is 0.249 e. The first-order valence-corrected chi connectivity index (χ1v) is 6.41. The Morgan fingerprint density at radius 2 is 2.00 bits per heavy atom. The summed E-state index contributed by atoms with van der Waals surface area (Å²) >= 11 is 0. The predicted octanol–water partition coefficient (Wildman–Crippen LogP) is 0.981. The van der Waals surface area contributed by atoms with E-state index in [0.717, 1.165) is 11.3 Å². The van der Waals surface area contributed by atoms with Crippen LogP contribution in [0.25, 0.3) is 0 Å². The summed E-state index contributed by atoms with van der Waals surface area (Å²) in [5, 5.41) is 12.0. The Labute approximate surface area is 112 Å². The third kappa shape index (κ3) is 2.76. The van der Waals surface area contributed by atoms with Crippen LogP contribution in [0.15, 0.2) is 24.3 Å². The van der Waals surface area contributed by atoms with Crippen molar-refractivity contribution in [3.8, 4) is 0 Å². The highest BCUT2D eigenvalue weighted by Crippen LogP contribution is 2.23. The van der Waals surface area contributed by atoms with Crippen molar-refractivity contribution >= 4 is 17.5 Å². The molecule has 1 aliphatic rings. The Hall–Kier alpha value is -1.88. The van der Waals surface area contributed by atoms with Gasteiger partial charge in [-0.25, -0.2) is 0 Å². The highest BCUT2D eigenvalue weighted by atomic mass is 16.3. The number of carbonyl (C=O) groups excluding carboxylic acids is 2. The number of benzene rings is 1. The molecule has 2 unspecified atom stereocenters. The van der Waals surface area contributed by atoms with Gasteiger partial charge in [0.25, 0.3) is 0 Å². The number of nitrogens with zero attached hydrogens (tertiary/aromatic N) is 1. The average molecular weight is 262 g/mol. The fourth-order valence-electron chi connectivity index (χ4n) is 2.15. The molecule has 0 saturated carbocycles. The van der Waals surface area contributed by atoms with E-state index in [2.05, 4.69) is 5.32 Å². The molecule has 0 aliphatic carbocycles. The molecule has 5 nitrogen and oxygen atoms in total. The van der Waals surface area contributed by atoms with E-state index in [-0.39, 0.29) is 24.4 Å². The summed E-state index contributed by atoms with van der Waals surface area (Å²) in [7, 11) is 0. The van der Waals surface area contributed by atoms with Crippen molar-refractivity contribution in [3.05, 3.63) is 29.8 Å². The van der Waals surface area contributed by atoms with Crippen LogP contribution in [0.4, 0.5) is 5.69 Å². The Bertz CT molecular complexity index is 484. The second-order valence-electron chi connectivity index (χ2n) is 4.73. The van der Waals surface area contributed by atoms with E-state index >= 15 is 0 Å². The fraction of sp³-hybridized carbons (Fsp3) is 0.429. The van der Waals surface area contributed by atoms with Crippen LogP contribution in [0.1, 0.15) is 31.9 Å². The number of imide groups is 1. The van der Waals surface area contributed by atoms with Crippen molar-refractivity contribution in [2.24, 2.45) is 0 Å². The van der Waals surface area contributed by atoms with Crippen LogP contribution in [-0.4, -0.2) is 29.5 Å². The second-order valence-corrected chi connectivity index (χ2v) is 4.73. The standard InChI is InChI=1S/C14H18N2O3/c1-3-12(17)10-4-6-11(7-5-10)16-8-13(18)15-14(19)9(16)2/h4-7,9,12,17H,3,8H2,1-2H3,(H,15,18,19). The van der Waals surface area contributed by atoms with Crippen molar-refractivity contribution in [2.75, 3.05) is 11.4 Å². The summed E-state index contributed by atoms with van der Waals surface area (Å²) < 4.78 is 0. The van der Waals surface area contributed by atoms with Gasteiger partial charge in [0.05, 0.1) is 12.6 Å². The minimum Gasteiger partial charge on any atom is -0.388 e. The molecule has 0 radical (unpaired) electrons. The number of aliphatic hydroxyl groups is 1. The number of amides is 2. The number of aliphatic hydroxyl groups excluding tert-OH is 1. The molecule has 1 fully saturated rings. The van der Waals surface area contributed by atoms with Crippen molar-refractivity contribution < 1.29 is 14.7 Å². The molecule has 0 bridgehead atoms. The number of carbonyl (C=O) groups is 2. The topological polar surface area (TPSA) is 69.6 Å². The van der Waals surface area contributed by atoms with Crippen molar-refractivity contribution in [1.82, 2.24) is 5.32 Å². The van der Waals surface area contributed by atoms with Gasteiger partial charge in [0, 0.05) is 5.69 Å². The lowest BCUT2D eigenvalue weighted by Crippen LogP contribution is -2.57. The van der Waals surface area contributed by atoms with Gasteiger partial charge in [-0.1, -0.05) is 19.1 Å². The number of anilines is 1. The van der Waals surface area contributed by atoms with Crippen molar-refractivity contribution in [2.45, 2.75) is 32.4 Å². The molecular formula is C14H18N2O3. The first-order valence-electron chi connectivity index (χ1n) is 6.41. The third-order valence-electron chi connectivity index (χ3n) is 3.42. The number of piperazine rings is 1.